The Labute approximate surface area is 73.0 Å². The molecule has 0 amide bonds. The van der Waals surface area contributed by atoms with Gasteiger partial charge in [0.05, 0.1) is 11.4 Å². The number of aliphatic hydroxyl groups is 1. The Morgan fingerprint density at radius 1 is 1.50 bits per heavy atom. The first-order chi connectivity index (χ1) is 5.33. The Morgan fingerprint density at radius 3 is 2.33 bits per heavy atom. The van der Waals surface area contributed by atoms with Crippen LogP contribution in [0.1, 0.15) is 26.7 Å². The van der Waals surface area contributed by atoms with Crippen LogP contribution in [-0.4, -0.2) is 30.9 Å². The predicted molar refractivity (Wildman–Crippen MR) is 46.2 cm³/mol. The normalized spacial score (nSPS) is 21.3. The van der Waals surface area contributed by atoms with E-state index in [9.17, 15) is 13.5 Å². The average Bonchev–Trinajstić information content (AvgIpc) is 2.40. The first-order valence-electron chi connectivity index (χ1n) is 4.05. The summed E-state index contributed by atoms with van der Waals surface area (Å²) < 4.78 is 24.9. The Balaban J connectivity index is 2.49. The van der Waals surface area contributed by atoms with Gasteiger partial charge in [-0.05, 0) is 26.7 Å². The van der Waals surface area contributed by atoms with Gasteiger partial charge in [-0.3, -0.25) is 0 Å². The minimum atomic E-state index is -3.28. The Bertz CT molecular complexity index is 254. The topological polar surface area (TPSA) is 66.4 Å². The highest BCUT2D eigenvalue weighted by atomic mass is 32.2. The van der Waals surface area contributed by atoms with Crippen molar-refractivity contribution < 1.29 is 13.5 Å². The van der Waals surface area contributed by atoms with Gasteiger partial charge in [0.15, 0.2) is 0 Å². The fourth-order valence-electron chi connectivity index (χ4n) is 1.04. The molecule has 12 heavy (non-hydrogen) atoms. The number of hydrogen-bond donors (Lipinski definition) is 2. The molecule has 1 saturated carbocycles. The molecule has 0 bridgehead atoms. The number of hydrogen-bond acceptors (Lipinski definition) is 3. The summed E-state index contributed by atoms with van der Waals surface area (Å²) in [6, 6.07) is -0.0997. The molecule has 4 nitrogen and oxygen atoms in total. The number of nitrogens with one attached hydrogen (secondary N) is 1. The molecule has 0 aromatic rings. The third kappa shape index (κ3) is 3.08. The number of sulfonamides is 1. The molecular weight excluding hydrogens is 178 g/mol. The smallest absolute Gasteiger partial charge is 0.214 e. The van der Waals surface area contributed by atoms with Gasteiger partial charge in [0.2, 0.25) is 10.0 Å². The van der Waals surface area contributed by atoms with Crippen LogP contribution >= 0.6 is 0 Å². The van der Waals surface area contributed by atoms with Gasteiger partial charge < -0.3 is 5.11 Å². The van der Waals surface area contributed by atoms with Crippen LogP contribution in [0, 0.1) is 0 Å². The van der Waals surface area contributed by atoms with Crippen molar-refractivity contribution >= 4 is 10.0 Å². The van der Waals surface area contributed by atoms with Gasteiger partial charge in [-0.2, -0.15) is 0 Å². The molecule has 1 aliphatic rings. The van der Waals surface area contributed by atoms with E-state index in [1.807, 2.05) is 0 Å². The van der Waals surface area contributed by atoms with Crippen LogP contribution in [-0.2, 0) is 10.0 Å². The van der Waals surface area contributed by atoms with Crippen molar-refractivity contribution in [2.45, 2.75) is 38.3 Å². The van der Waals surface area contributed by atoms with Crippen molar-refractivity contribution in [1.29, 1.82) is 0 Å². The van der Waals surface area contributed by atoms with Crippen LogP contribution in [0.2, 0.25) is 0 Å². The van der Waals surface area contributed by atoms with Crippen LogP contribution in [0.25, 0.3) is 0 Å². The van der Waals surface area contributed by atoms with Gasteiger partial charge in [-0.15, -0.1) is 0 Å². The highest BCUT2D eigenvalue weighted by molar-refractivity contribution is 7.89. The highest BCUT2D eigenvalue weighted by Gasteiger charge is 2.44. The molecule has 0 saturated heterocycles. The zero-order valence-electron chi connectivity index (χ0n) is 7.37. The van der Waals surface area contributed by atoms with Crippen molar-refractivity contribution in [3.05, 3.63) is 0 Å². The molecule has 2 N–H and O–H groups in total. The lowest BCUT2D eigenvalue weighted by Gasteiger charge is -2.11. The van der Waals surface area contributed by atoms with E-state index in [-0.39, 0.29) is 11.8 Å². The van der Waals surface area contributed by atoms with Crippen molar-refractivity contribution in [3.63, 3.8) is 0 Å². The Kier molecular flexibility index (Phi) is 2.47. The predicted octanol–water partition coefficient (Wildman–Crippen LogP) is -0.161. The standard InChI is InChI=1S/C7H15NO3S/c1-6(2)8-12(10,11)5-7(9)3-4-7/h6,8-9H,3-5H2,1-2H3. The summed E-state index contributed by atoms with van der Waals surface area (Å²) >= 11 is 0. The third-order valence-electron chi connectivity index (χ3n) is 1.70. The van der Waals surface area contributed by atoms with Crippen molar-refractivity contribution in [2.75, 3.05) is 5.75 Å². The second-order valence-electron chi connectivity index (χ2n) is 3.76. The molecule has 5 heteroatoms. The molecule has 0 radical (unpaired) electrons. The molecule has 0 aromatic heterocycles. The molecule has 0 aliphatic heterocycles. The molecule has 0 atom stereocenters. The zero-order chi connectivity index (χ0) is 9.41. The lowest BCUT2D eigenvalue weighted by atomic mass is 10.4. The fourth-order valence-corrected chi connectivity index (χ4v) is 2.84. The first-order valence-corrected chi connectivity index (χ1v) is 5.71. The summed E-state index contributed by atoms with van der Waals surface area (Å²) in [4.78, 5) is 0. The van der Waals surface area contributed by atoms with E-state index in [1.54, 1.807) is 13.8 Å². The van der Waals surface area contributed by atoms with Crippen molar-refractivity contribution in [1.82, 2.24) is 4.72 Å². The van der Waals surface area contributed by atoms with E-state index in [1.165, 1.54) is 0 Å². The quantitative estimate of drug-likeness (QED) is 0.652. The second kappa shape index (κ2) is 2.97. The summed E-state index contributed by atoms with van der Waals surface area (Å²) in [5.74, 6) is -0.155. The maximum atomic E-state index is 11.2. The summed E-state index contributed by atoms with van der Waals surface area (Å²) in [5, 5.41) is 9.36. The van der Waals surface area contributed by atoms with E-state index < -0.39 is 15.6 Å². The molecule has 0 spiro atoms. The van der Waals surface area contributed by atoms with E-state index in [2.05, 4.69) is 4.72 Å². The van der Waals surface area contributed by atoms with Gasteiger partial charge in [0.1, 0.15) is 0 Å². The minimum Gasteiger partial charge on any atom is -0.389 e. The molecule has 72 valence electrons. The van der Waals surface area contributed by atoms with Crippen molar-refractivity contribution in [3.8, 4) is 0 Å². The molecule has 0 aromatic carbocycles. The lowest BCUT2D eigenvalue weighted by Crippen LogP contribution is -2.37. The summed E-state index contributed by atoms with van der Waals surface area (Å²) in [6.07, 6.45) is 1.21. The maximum absolute atomic E-state index is 11.2. The minimum absolute atomic E-state index is 0.0997. The third-order valence-corrected chi connectivity index (χ3v) is 3.45. The van der Waals surface area contributed by atoms with Crippen LogP contribution in [0.5, 0.6) is 0 Å². The van der Waals surface area contributed by atoms with Crippen LogP contribution < -0.4 is 4.72 Å². The molecular formula is C7H15NO3S. The SMILES string of the molecule is CC(C)NS(=O)(=O)CC1(O)CC1. The largest absolute Gasteiger partial charge is 0.389 e. The van der Waals surface area contributed by atoms with Crippen LogP contribution in [0.15, 0.2) is 0 Å². The van der Waals surface area contributed by atoms with Gasteiger partial charge in [0, 0.05) is 6.04 Å². The molecule has 0 unspecified atom stereocenters. The highest BCUT2D eigenvalue weighted by Crippen LogP contribution is 2.35. The first kappa shape index (κ1) is 9.95. The average molecular weight is 193 g/mol. The Morgan fingerprint density at radius 2 is 2.00 bits per heavy atom. The second-order valence-corrected chi connectivity index (χ2v) is 5.51. The summed E-state index contributed by atoms with van der Waals surface area (Å²) in [5.41, 5.74) is -0.930. The van der Waals surface area contributed by atoms with E-state index in [0.29, 0.717) is 12.8 Å². The van der Waals surface area contributed by atoms with E-state index in [0.717, 1.165) is 0 Å². The monoisotopic (exact) mass is 193 g/mol. The van der Waals surface area contributed by atoms with Crippen molar-refractivity contribution in [2.24, 2.45) is 0 Å². The van der Waals surface area contributed by atoms with Gasteiger partial charge in [-0.1, -0.05) is 0 Å². The molecule has 1 rings (SSSR count). The van der Waals surface area contributed by atoms with Crippen LogP contribution in [0.4, 0.5) is 0 Å². The summed E-state index contributed by atoms with van der Waals surface area (Å²) in [7, 11) is -3.28. The van der Waals surface area contributed by atoms with Gasteiger partial charge in [-0.25, -0.2) is 13.1 Å². The molecule has 1 fully saturated rings. The summed E-state index contributed by atoms with van der Waals surface area (Å²) in [6.45, 7) is 3.52. The maximum Gasteiger partial charge on any atom is 0.214 e. The Hall–Kier alpha value is -0.130. The molecule has 1 aliphatic carbocycles. The van der Waals surface area contributed by atoms with E-state index in [4.69, 9.17) is 0 Å². The lowest BCUT2D eigenvalue weighted by molar-refractivity contribution is 0.174. The number of rotatable bonds is 4. The zero-order valence-corrected chi connectivity index (χ0v) is 8.19. The fraction of sp³-hybridized carbons (Fsp3) is 1.00. The van der Waals surface area contributed by atoms with Gasteiger partial charge in [0.25, 0.3) is 0 Å². The van der Waals surface area contributed by atoms with Crippen LogP contribution in [0.3, 0.4) is 0 Å². The van der Waals surface area contributed by atoms with Gasteiger partial charge >= 0.3 is 0 Å². The molecule has 0 heterocycles. The van der Waals surface area contributed by atoms with E-state index >= 15 is 0 Å².